The maximum absolute atomic E-state index is 6.95. The van der Waals surface area contributed by atoms with E-state index in [9.17, 15) is 0 Å². The molecule has 320 valence electrons. The number of hydrogen-bond acceptors (Lipinski definition) is 5. The molecule has 5 nitrogen and oxygen atoms in total. The van der Waals surface area contributed by atoms with Crippen LogP contribution in [0.1, 0.15) is 0 Å². The largest absolute Gasteiger partial charge is 0.455 e. The summed E-state index contributed by atoms with van der Waals surface area (Å²) in [6, 6.07) is 88.8. The average molecular weight is 871 g/mol. The molecule has 0 N–H and O–H groups in total. The van der Waals surface area contributed by atoms with E-state index in [4.69, 9.17) is 19.4 Å². The third-order valence-electron chi connectivity index (χ3n) is 12.6. The molecule has 0 bridgehead atoms. The third kappa shape index (κ3) is 7.68. The first kappa shape index (κ1) is 40.3. The lowest BCUT2D eigenvalue weighted by Crippen LogP contribution is -2.11. The van der Waals surface area contributed by atoms with Crippen LogP contribution in [0.3, 0.4) is 0 Å². The second-order valence-corrected chi connectivity index (χ2v) is 16.8. The first-order chi connectivity index (χ1) is 33.7. The smallest absolute Gasteiger partial charge is 0.164 e. The van der Waals surface area contributed by atoms with E-state index in [2.05, 4.69) is 199 Å². The predicted octanol–water partition coefficient (Wildman–Crippen LogP) is 16.9. The van der Waals surface area contributed by atoms with Crippen LogP contribution in [0.4, 0.5) is 17.1 Å². The Morgan fingerprint density at radius 2 is 0.574 bits per heavy atom. The van der Waals surface area contributed by atoms with Crippen LogP contribution in [0.15, 0.2) is 259 Å². The molecule has 0 saturated heterocycles. The second kappa shape index (κ2) is 17.7. The van der Waals surface area contributed by atoms with E-state index < -0.39 is 0 Å². The van der Waals surface area contributed by atoms with Crippen molar-refractivity contribution in [2.75, 3.05) is 4.90 Å². The molecule has 0 amide bonds. The first-order valence-corrected chi connectivity index (χ1v) is 22.8. The summed E-state index contributed by atoms with van der Waals surface area (Å²) >= 11 is 0. The van der Waals surface area contributed by atoms with Crippen molar-refractivity contribution in [3.05, 3.63) is 255 Å². The topological polar surface area (TPSA) is 55.1 Å². The van der Waals surface area contributed by atoms with Gasteiger partial charge in [-0.15, -0.1) is 0 Å². The van der Waals surface area contributed by atoms with Crippen molar-refractivity contribution in [2.45, 2.75) is 0 Å². The van der Waals surface area contributed by atoms with E-state index in [1.165, 1.54) is 11.1 Å². The van der Waals surface area contributed by atoms with Gasteiger partial charge in [-0.2, -0.15) is 0 Å². The fourth-order valence-electron chi connectivity index (χ4n) is 9.19. The molecule has 0 spiro atoms. The molecule has 10 aromatic carbocycles. The molecule has 68 heavy (non-hydrogen) atoms. The van der Waals surface area contributed by atoms with E-state index in [1.807, 2.05) is 60.7 Å². The normalized spacial score (nSPS) is 11.2. The maximum Gasteiger partial charge on any atom is 0.164 e. The number of fused-ring (bicyclic) bond motifs is 3. The van der Waals surface area contributed by atoms with Gasteiger partial charge in [-0.05, 0) is 58.1 Å². The summed E-state index contributed by atoms with van der Waals surface area (Å²) in [5.74, 6) is 1.89. The Balaban J connectivity index is 0.901. The Morgan fingerprint density at radius 3 is 1.06 bits per heavy atom. The molecule has 0 radical (unpaired) electrons. The molecule has 0 aliphatic carbocycles. The quantitative estimate of drug-likeness (QED) is 0.137. The van der Waals surface area contributed by atoms with Crippen LogP contribution in [0.2, 0.25) is 0 Å². The van der Waals surface area contributed by atoms with E-state index in [1.54, 1.807) is 0 Å². The number of anilines is 3. The molecule has 0 saturated carbocycles. The predicted molar refractivity (Wildman–Crippen MR) is 280 cm³/mol. The van der Waals surface area contributed by atoms with Gasteiger partial charge < -0.3 is 9.32 Å². The van der Waals surface area contributed by atoms with Crippen LogP contribution in [0.5, 0.6) is 0 Å². The zero-order chi connectivity index (χ0) is 45.2. The number of rotatable bonds is 10. The minimum Gasteiger partial charge on any atom is -0.455 e. The number of aromatic nitrogens is 3. The fourth-order valence-corrected chi connectivity index (χ4v) is 9.19. The maximum atomic E-state index is 6.95. The summed E-state index contributed by atoms with van der Waals surface area (Å²) in [7, 11) is 0. The molecule has 2 aromatic heterocycles. The molecule has 0 aliphatic heterocycles. The van der Waals surface area contributed by atoms with Crippen LogP contribution in [-0.4, -0.2) is 15.0 Å². The van der Waals surface area contributed by atoms with Gasteiger partial charge in [0.15, 0.2) is 17.5 Å². The highest BCUT2D eigenvalue weighted by atomic mass is 16.3. The van der Waals surface area contributed by atoms with E-state index in [0.29, 0.717) is 17.5 Å². The van der Waals surface area contributed by atoms with Gasteiger partial charge in [-0.3, -0.25) is 0 Å². The van der Waals surface area contributed by atoms with Crippen LogP contribution < -0.4 is 4.90 Å². The molecule has 12 aromatic rings. The lowest BCUT2D eigenvalue weighted by Gasteiger charge is -2.28. The zero-order valence-corrected chi connectivity index (χ0v) is 36.9. The molecule has 0 aliphatic rings. The third-order valence-corrected chi connectivity index (χ3v) is 12.6. The van der Waals surface area contributed by atoms with Gasteiger partial charge in [0.25, 0.3) is 0 Å². The van der Waals surface area contributed by atoms with Crippen molar-refractivity contribution in [3.63, 3.8) is 0 Å². The number of hydrogen-bond donors (Lipinski definition) is 0. The Kier molecular flexibility index (Phi) is 10.5. The molecular weight excluding hydrogens is 829 g/mol. The number of furan rings is 1. The standard InChI is InChI=1S/C63H42N4O/c1-5-17-43(18-6-1)44-35-39-51(40-36-44)67(58-30-14-13-25-53(58)45-19-7-2-8-20-45)52-41-37-47(38-42-52)55-27-16-29-57-56-28-15-26-54(59(56)68-60(55)57)46-31-33-50(34-32-46)63-65-61(48-21-9-3-10-22-48)64-62(66-63)49-23-11-4-12-24-49/h1-42H. The van der Waals surface area contributed by atoms with Crippen molar-refractivity contribution in [3.8, 4) is 78.7 Å². The summed E-state index contributed by atoms with van der Waals surface area (Å²) in [5.41, 5.74) is 16.6. The SMILES string of the molecule is c1ccc(-c2ccc(N(c3ccc(-c4cccc5c4oc4c(-c6ccc(-c7nc(-c8ccccc8)nc(-c8ccccc8)n7)cc6)cccc45)cc3)c3ccccc3-c3ccccc3)cc2)cc1. The van der Waals surface area contributed by atoms with Gasteiger partial charge in [-0.25, -0.2) is 15.0 Å². The summed E-state index contributed by atoms with van der Waals surface area (Å²) in [5, 5.41) is 2.14. The van der Waals surface area contributed by atoms with Crippen molar-refractivity contribution < 1.29 is 4.42 Å². The van der Waals surface area contributed by atoms with E-state index in [-0.39, 0.29) is 0 Å². The molecular formula is C63H42N4O. The summed E-state index contributed by atoms with van der Waals surface area (Å²) in [4.78, 5) is 17.1. The molecule has 5 heteroatoms. The highest BCUT2D eigenvalue weighted by Crippen LogP contribution is 2.44. The van der Waals surface area contributed by atoms with Gasteiger partial charge >= 0.3 is 0 Å². The van der Waals surface area contributed by atoms with Crippen LogP contribution in [0, 0.1) is 0 Å². The number of nitrogens with zero attached hydrogens (tertiary/aromatic N) is 4. The molecule has 0 fully saturated rings. The average Bonchev–Trinajstić information content (AvgIpc) is 3.82. The second-order valence-electron chi connectivity index (χ2n) is 16.8. The molecule has 0 atom stereocenters. The molecule has 2 heterocycles. The van der Waals surface area contributed by atoms with Crippen LogP contribution in [0.25, 0.3) is 101 Å². The van der Waals surface area contributed by atoms with Crippen LogP contribution >= 0.6 is 0 Å². The first-order valence-electron chi connectivity index (χ1n) is 22.8. The monoisotopic (exact) mass is 870 g/mol. The fraction of sp³-hybridized carbons (Fsp3) is 0. The van der Waals surface area contributed by atoms with Gasteiger partial charge in [0.1, 0.15) is 11.2 Å². The summed E-state index contributed by atoms with van der Waals surface area (Å²) in [6.07, 6.45) is 0. The van der Waals surface area contributed by atoms with E-state index >= 15 is 0 Å². The molecule has 12 rings (SSSR count). The zero-order valence-electron chi connectivity index (χ0n) is 36.9. The summed E-state index contributed by atoms with van der Waals surface area (Å²) in [6.45, 7) is 0. The lowest BCUT2D eigenvalue weighted by atomic mass is 9.99. The lowest BCUT2D eigenvalue weighted by molar-refractivity contribution is 0.671. The minimum atomic E-state index is 0.617. The van der Waals surface area contributed by atoms with Crippen molar-refractivity contribution in [1.29, 1.82) is 0 Å². The number of para-hydroxylation sites is 3. The van der Waals surface area contributed by atoms with Gasteiger partial charge in [-0.1, -0.05) is 224 Å². The highest BCUT2D eigenvalue weighted by Gasteiger charge is 2.20. The highest BCUT2D eigenvalue weighted by molar-refractivity contribution is 6.13. The van der Waals surface area contributed by atoms with Gasteiger partial charge in [0, 0.05) is 55.5 Å². The van der Waals surface area contributed by atoms with E-state index in [0.717, 1.165) is 89.1 Å². The minimum absolute atomic E-state index is 0.617. The van der Waals surface area contributed by atoms with Gasteiger partial charge in [0.2, 0.25) is 0 Å². The Labute approximate surface area is 395 Å². The van der Waals surface area contributed by atoms with Crippen molar-refractivity contribution in [2.24, 2.45) is 0 Å². The molecule has 0 unspecified atom stereocenters. The Morgan fingerprint density at radius 1 is 0.250 bits per heavy atom. The Bertz CT molecular complexity index is 3630. The number of benzene rings is 10. The van der Waals surface area contributed by atoms with Gasteiger partial charge in [0.05, 0.1) is 5.69 Å². The summed E-state index contributed by atoms with van der Waals surface area (Å²) < 4.78 is 6.95. The van der Waals surface area contributed by atoms with Crippen LogP contribution in [-0.2, 0) is 0 Å². The van der Waals surface area contributed by atoms with Crippen molar-refractivity contribution in [1.82, 2.24) is 15.0 Å². The Hall–Kier alpha value is -9.19. The van der Waals surface area contributed by atoms with Crippen molar-refractivity contribution >= 4 is 39.0 Å².